The number of aldehydes is 1. The highest BCUT2D eigenvalue weighted by atomic mass is 19.3. The van der Waals surface area contributed by atoms with Gasteiger partial charge in [-0.05, 0) is 24.0 Å². The van der Waals surface area contributed by atoms with E-state index in [1.165, 1.54) is 0 Å². The fraction of sp³-hybridized carbons (Fsp3) is 0.417. The number of carbonyl (C=O) groups is 1. The van der Waals surface area contributed by atoms with Crippen molar-refractivity contribution in [1.29, 1.82) is 0 Å². The lowest BCUT2D eigenvalue weighted by atomic mass is 10.0. The lowest BCUT2D eigenvalue weighted by Gasteiger charge is -2.02. The normalized spacial score (nSPS) is 10.6. The molecule has 0 heterocycles. The zero-order valence-electron chi connectivity index (χ0n) is 8.46. The molecule has 0 radical (unpaired) electrons. The molecule has 0 aromatic heterocycles. The van der Waals surface area contributed by atoms with Gasteiger partial charge in [-0.3, -0.25) is 0 Å². The third-order valence-electron chi connectivity index (χ3n) is 2.23. The Labute approximate surface area is 88.1 Å². The molecule has 0 fully saturated rings. The van der Waals surface area contributed by atoms with E-state index in [0.29, 0.717) is 12.8 Å². The minimum Gasteiger partial charge on any atom is -0.303 e. The van der Waals surface area contributed by atoms with Gasteiger partial charge in [-0.1, -0.05) is 24.3 Å². The van der Waals surface area contributed by atoms with Crippen LogP contribution in [0.2, 0.25) is 0 Å². The Morgan fingerprint density at radius 1 is 1.07 bits per heavy atom. The third-order valence-corrected chi connectivity index (χ3v) is 2.23. The second kappa shape index (κ2) is 6.27. The highest BCUT2D eigenvalue weighted by molar-refractivity contribution is 5.50. The van der Waals surface area contributed by atoms with Gasteiger partial charge in [-0.25, -0.2) is 8.78 Å². The van der Waals surface area contributed by atoms with E-state index in [1.807, 2.05) is 24.3 Å². The predicted molar refractivity (Wildman–Crippen MR) is 55.2 cm³/mol. The standard InChI is InChI=1S/C12H14F2O/c13-12(14)8-7-11-5-3-10(4-6-11)2-1-9-15/h3-6,9,12H,1-2,7-8H2. The van der Waals surface area contributed by atoms with Crippen molar-refractivity contribution in [2.24, 2.45) is 0 Å². The summed E-state index contributed by atoms with van der Waals surface area (Å²) in [5, 5.41) is 0. The second-order valence-electron chi connectivity index (χ2n) is 3.45. The Balaban J connectivity index is 2.45. The van der Waals surface area contributed by atoms with Crippen LogP contribution in [0.5, 0.6) is 0 Å². The average molecular weight is 212 g/mol. The molecular formula is C12H14F2O. The van der Waals surface area contributed by atoms with Gasteiger partial charge < -0.3 is 4.79 Å². The quantitative estimate of drug-likeness (QED) is 0.662. The molecule has 0 spiro atoms. The Kier molecular flexibility index (Phi) is 4.95. The van der Waals surface area contributed by atoms with Crippen molar-refractivity contribution in [3.05, 3.63) is 35.4 Å². The molecule has 0 aliphatic heterocycles. The average Bonchev–Trinajstić information content (AvgIpc) is 2.25. The van der Waals surface area contributed by atoms with Crippen LogP contribution in [0.15, 0.2) is 24.3 Å². The van der Waals surface area contributed by atoms with Gasteiger partial charge in [0.25, 0.3) is 0 Å². The van der Waals surface area contributed by atoms with Crippen LogP contribution in [-0.2, 0) is 17.6 Å². The van der Waals surface area contributed by atoms with Crippen LogP contribution >= 0.6 is 0 Å². The van der Waals surface area contributed by atoms with Crippen LogP contribution in [-0.4, -0.2) is 12.7 Å². The van der Waals surface area contributed by atoms with Crippen molar-refractivity contribution in [3.63, 3.8) is 0 Å². The SMILES string of the molecule is O=CCCc1ccc(CCC(F)F)cc1. The molecule has 3 heteroatoms. The first-order valence-electron chi connectivity index (χ1n) is 5.02. The van der Waals surface area contributed by atoms with E-state index >= 15 is 0 Å². The molecule has 1 aromatic carbocycles. The van der Waals surface area contributed by atoms with Crippen molar-refractivity contribution in [1.82, 2.24) is 0 Å². The first kappa shape index (κ1) is 11.8. The van der Waals surface area contributed by atoms with E-state index in [0.717, 1.165) is 23.8 Å². The number of benzene rings is 1. The number of hydrogen-bond donors (Lipinski definition) is 0. The van der Waals surface area contributed by atoms with Gasteiger partial charge in [0.2, 0.25) is 6.43 Å². The number of hydrogen-bond acceptors (Lipinski definition) is 1. The lowest BCUT2D eigenvalue weighted by Crippen LogP contribution is -1.94. The van der Waals surface area contributed by atoms with Gasteiger partial charge in [-0.15, -0.1) is 0 Å². The molecule has 0 saturated heterocycles. The van der Waals surface area contributed by atoms with Gasteiger partial charge in [0, 0.05) is 12.8 Å². The predicted octanol–water partition coefficient (Wildman–Crippen LogP) is 3.02. The van der Waals surface area contributed by atoms with Crippen molar-refractivity contribution in [3.8, 4) is 0 Å². The molecule has 1 aromatic rings. The molecule has 1 nitrogen and oxygen atoms in total. The molecule has 0 aliphatic carbocycles. The Morgan fingerprint density at radius 2 is 1.60 bits per heavy atom. The van der Waals surface area contributed by atoms with Crippen LogP contribution < -0.4 is 0 Å². The summed E-state index contributed by atoms with van der Waals surface area (Å²) in [6, 6.07) is 7.49. The second-order valence-corrected chi connectivity index (χ2v) is 3.45. The maximum atomic E-state index is 11.9. The van der Waals surface area contributed by atoms with Crippen molar-refractivity contribution in [2.75, 3.05) is 0 Å². The minimum absolute atomic E-state index is 0.0896. The van der Waals surface area contributed by atoms with E-state index in [1.54, 1.807) is 0 Å². The third kappa shape index (κ3) is 4.68. The summed E-state index contributed by atoms with van der Waals surface area (Å²) in [4.78, 5) is 10.1. The fourth-order valence-corrected chi connectivity index (χ4v) is 1.37. The molecule has 0 amide bonds. The fourth-order valence-electron chi connectivity index (χ4n) is 1.37. The molecule has 0 bridgehead atoms. The van der Waals surface area contributed by atoms with Gasteiger partial charge in [-0.2, -0.15) is 0 Å². The highest BCUT2D eigenvalue weighted by Gasteiger charge is 2.02. The minimum atomic E-state index is -2.24. The Hall–Kier alpha value is -1.25. The monoisotopic (exact) mass is 212 g/mol. The summed E-state index contributed by atoms with van der Waals surface area (Å²) in [6.07, 6.45) is 0.193. The van der Waals surface area contributed by atoms with Crippen molar-refractivity contribution >= 4 is 6.29 Å². The molecule has 1 rings (SSSR count). The summed E-state index contributed by atoms with van der Waals surface area (Å²) in [5.74, 6) is 0. The molecule has 0 saturated carbocycles. The molecular weight excluding hydrogens is 198 g/mol. The maximum Gasteiger partial charge on any atom is 0.239 e. The van der Waals surface area contributed by atoms with Crippen LogP contribution in [0.25, 0.3) is 0 Å². The molecule has 0 N–H and O–H groups in total. The number of halogens is 2. The Bertz CT molecular complexity index is 293. The van der Waals surface area contributed by atoms with Crippen LogP contribution in [0, 0.1) is 0 Å². The van der Waals surface area contributed by atoms with Gasteiger partial charge in [0.05, 0.1) is 0 Å². The summed E-state index contributed by atoms with van der Waals surface area (Å²) < 4.78 is 23.9. The van der Waals surface area contributed by atoms with Crippen molar-refractivity contribution < 1.29 is 13.6 Å². The van der Waals surface area contributed by atoms with Crippen LogP contribution in [0.1, 0.15) is 24.0 Å². The first-order valence-corrected chi connectivity index (χ1v) is 5.02. The zero-order chi connectivity index (χ0) is 11.1. The molecule has 0 unspecified atom stereocenters. The lowest BCUT2D eigenvalue weighted by molar-refractivity contribution is -0.107. The highest BCUT2D eigenvalue weighted by Crippen LogP contribution is 2.10. The Morgan fingerprint density at radius 3 is 2.07 bits per heavy atom. The molecule has 15 heavy (non-hydrogen) atoms. The van der Waals surface area contributed by atoms with Gasteiger partial charge in [0.1, 0.15) is 6.29 Å². The largest absolute Gasteiger partial charge is 0.303 e. The first-order chi connectivity index (χ1) is 7.22. The number of rotatable bonds is 6. The van der Waals surface area contributed by atoms with E-state index in [4.69, 9.17) is 0 Å². The summed E-state index contributed by atoms with van der Waals surface area (Å²) in [5.41, 5.74) is 1.99. The maximum absolute atomic E-state index is 11.9. The van der Waals surface area contributed by atoms with E-state index in [-0.39, 0.29) is 6.42 Å². The molecule has 0 atom stereocenters. The zero-order valence-corrected chi connectivity index (χ0v) is 8.46. The van der Waals surface area contributed by atoms with E-state index in [2.05, 4.69) is 0 Å². The summed E-state index contributed by atoms with van der Waals surface area (Å²) in [7, 11) is 0. The molecule has 0 aliphatic rings. The van der Waals surface area contributed by atoms with Gasteiger partial charge >= 0.3 is 0 Å². The van der Waals surface area contributed by atoms with Crippen LogP contribution in [0.3, 0.4) is 0 Å². The van der Waals surface area contributed by atoms with Crippen molar-refractivity contribution in [2.45, 2.75) is 32.1 Å². The van der Waals surface area contributed by atoms with E-state index in [9.17, 15) is 13.6 Å². The number of aryl methyl sites for hydroxylation is 2. The van der Waals surface area contributed by atoms with E-state index < -0.39 is 6.43 Å². The smallest absolute Gasteiger partial charge is 0.239 e. The topological polar surface area (TPSA) is 17.1 Å². The van der Waals surface area contributed by atoms with Gasteiger partial charge in [0.15, 0.2) is 0 Å². The van der Waals surface area contributed by atoms with Crippen LogP contribution in [0.4, 0.5) is 8.78 Å². The number of carbonyl (C=O) groups excluding carboxylic acids is 1. The molecule has 82 valence electrons. The summed E-state index contributed by atoms with van der Waals surface area (Å²) >= 11 is 0. The summed E-state index contributed by atoms with van der Waals surface area (Å²) in [6.45, 7) is 0. The number of alkyl halides is 2.